The van der Waals surface area contributed by atoms with E-state index in [2.05, 4.69) is 36.9 Å². The Labute approximate surface area is 371 Å². The van der Waals surface area contributed by atoms with Gasteiger partial charge in [0.05, 0.1) is 25.0 Å². The van der Waals surface area contributed by atoms with Crippen LogP contribution in [-0.4, -0.2) is 125 Å². The quantitative estimate of drug-likeness (QED) is 0.0273. The van der Waals surface area contributed by atoms with E-state index < -0.39 is 120 Å². The number of aliphatic hydroxyl groups is 2. The van der Waals surface area contributed by atoms with Gasteiger partial charge in [-0.25, -0.2) is 4.79 Å². The van der Waals surface area contributed by atoms with Crippen LogP contribution in [0.3, 0.4) is 0 Å². The zero-order chi connectivity index (χ0) is 47.8. The van der Waals surface area contributed by atoms with Gasteiger partial charge in [-0.15, -0.1) is 0 Å². The van der Waals surface area contributed by atoms with Crippen molar-refractivity contribution in [2.75, 3.05) is 6.54 Å². The topological polar surface area (TPSA) is 349 Å². The highest BCUT2D eigenvalue weighted by molar-refractivity contribution is 5.98. The second kappa shape index (κ2) is 29.3. The Hall–Kier alpha value is -5.05. The number of cyclic esters (lactones) is 1. The number of carbonyl (C=O) groups excluding carboxylic acids is 8. The van der Waals surface area contributed by atoms with Gasteiger partial charge in [0, 0.05) is 6.54 Å². The number of carbonyl (C=O) groups is 8. The number of amides is 7. The smallest absolute Gasteiger partial charge is 0.328 e. The van der Waals surface area contributed by atoms with Gasteiger partial charge in [-0.3, -0.25) is 38.6 Å². The van der Waals surface area contributed by atoms with Gasteiger partial charge in [-0.2, -0.15) is 0 Å². The Morgan fingerprint density at radius 3 is 1.73 bits per heavy atom. The fourth-order valence-corrected chi connectivity index (χ4v) is 6.83. The molecule has 1 aliphatic rings. The maximum absolute atomic E-state index is 14.0. The molecule has 360 valence electrons. The third-order valence-electron chi connectivity index (χ3n) is 10.9. The minimum absolute atomic E-state index is 0.112. The number of hydrogen-bond acceptors (Lipinski definition) is 12. The van der Waals surface area contributed by atoms with E-state index >= 15 is 0 Å². The lowest BCUT2D eigenvalue weighted by Gasteiger charge is -2.31. The number of hydrogen-bond donors (Lipinski definition) is 11. The Balaban J connectivity index is 3.23. The number of ether oxygens (including phenoxy) is 1. The Kier molecular flexibility index (Phi) is 26.1. The minimum Gasteiger partial charge on any atom is -0.458 e. The minimum atomic E-state index is -1.68. The molecule has 0 aliphatic carbocycles. The molecule has 14 N–H and O–H groups in total. The summed E-state index contributed by atoms with van der Waals surface area (Å²) < 4.78 is 5.54. The first-order chi connectivity index (χ1) is 29.6. The summed E-state index contributed by atoms with van der Waals surface area (Å²) in [6.45, 7) is 11.1. The van der Waals surface area contributed by atoms with Crippen molar-refractivity contribution in [1.82, 2.24) is 31.9 Å². The van der Waals surface area contributed by atoms with Crippen LogP contribution in [0.15, 0.2) is 4.99 Å². The van der Waals surface area contributed by atoms with Crippen LogP contribution in [0, 0.1) is 11.8 Å². The molecule has 0 aromatic heterocycles. The second-order valence-corrected chi connectivity index (χ2v) is 17.0. The summed E-state index contributed by atoms with van der Waals surface area (Å²) in [5.74, 6) is -8.53. The third-order valence-corrected chi connectivity index (χ3v) is 10.9. The summed E-state index contributed by atoms with van der Waals surface area (Å²) >= 11 is 0. The molecule has 0 radical (unpaired) electrons. The largest absolute Gasteiger partial charge is 0.458 e. The summed E-state index contributed by atoms with van der Waals surface area (Å²) in [6.07, 6.45) is 5.68. The van der Waals surface area contributed by atoms with Crippen molar-refractivity contribution >= 4 is 53.3 Å². The molecule has 0 aromatic rings. The number of nitrogens with two attached hydrogens (primary N) is 3. The molecule has 0 spiro atoms. The van der Waals surface area contributed by atoms with Crippen molar-refractivity contribution in [3.63, 3.8) is 0 Å². The van der Waals surface area contributed by atoms with Crippen LogP contribution in [0.5, 0.6) is 0 Å². The third kappa shape index (κ3) is 21.7. The molecule has 0 bridgehead atoms. The summed E-state index contributed by atoms with van der Waals surface area (Å²) in [5, 5.41) is 36.0. The lowest BCUT2D eigenvalue weighted by atomic mass is 9.95. The van der Waals surface area contributed by atoms with Crippen LogP contribution in [0.25, 0.3) is 0 Å². The van der Waals surface area contributed by atoms with Crippen LogP contribution >= 0.6 is 0 Å². The monoisotopic (exact) mass is 897 g/mol. The maximum Gasteiger partial charge on any atom is 0.328 e. The van der Waals surface area contributed by atoms with Gasteiger partial charge in [0.15, 0.2) is 5.96 Å². The zero-order valence-electron chi connectivity index (χ0n) is 38.2. The van der Waals surface area contributed by atoms with E-state index in [1.54, 1.807) is 27.7 Å². The summed E-state index contributed by atoms with van der Waals surface area (Å²) in [4.78, 5) is 111. The van der Waals surface area contributed by atoms with Gasteiger partial charge in [-0.1, -0.05) is 91.9 Å². The lowest BCUT2D eigenvalue weighted by Crippen LogP contribution is -2.63. The predicted octanol–water partition coefficient (Wildman–Crippen LogP) is -0.866. The van der Waals surface area contributed by atoms with Crippen molar-refractivity contribution in [3.8, 4) is 0 Å². The molecule has 1 aliphatic heterocycles. The average Bonchev–Trinajstić information content (AvgIpc) is 3.19. The number of primary amides is 1. The van der Waals surface area contributed by atoms with Crippen molar-refractivity contribution in [1.29, 1.82) is 0 Å². The number of unbranched alkanes of at least 4 members (excludes halogenated alkanes) is 9. The summed E-state index contributed by atoms with van der Waals surface area (Å²) in [6, 6.07) is -8.97. The first-order valence-corrected chi connectivity index (χ1v) is 22.3. The number of rotatable bonds is 22. The highest BCUT2D eigenvalue weighted by Gasteiger charge is 2.39. The summed E-state index contributed by atoms with van der Waals surface area (Å²) in [5.41, 5.74) is 16.0. The fraction of sp³-hybridized carbons (Fsp3) is 0.786. The molecule has 1 rings (SSSR count). The van der Waals surface area contributed by atoms with E-state index in [9.17, 15) is 48.6 Å². The molecule has 0 aromatic carbocycles. The number of guanidine groups is 1. The van der Waals surface area contributed by atoms with E-state index in [0.29, 0.717) is 25.8 Å². The Morgan fingerprint density at radius 1 is 0.698 bits per heavy atom. The van der Waals surface area contributed by atoms with Crippen molar-refractivity contribution in [2.24, 2.45) is 34.0 Å². The summed E-state index contributed by atoms with van der Waals surface area (Å²) in [7, 11) is 0. The Morgan fingerprint density at radius 2 is 1.21 bits per heavy atom. The first-order valence-electron chi connectivity index (χ1n) is 22.3. The molecule has 1 fully saturated rings. The Bertz CT molecular complexity index is 1540. The zero-order valence-corrected chi connectivity index (χ0v) is 38.2. The molecule has 21 heteroatoms. The van der Waals surface area contributed by atoms with Gasteiger partial charge in [-0.05, 0) is 45.4 Å². The number of aliphatic hydroxyl groups excluding tert-OH is 2. The number of nitrogens with one attached hydrogen (secondary N) is 6. The number of aliphatic imine (C=N–C) groups is 1. The first kappa shape index (κ1) is 56.0. The van der Waals surface area contributed by atoms with Crippen LogP contribution in [0.4, 0.5) is 0 Å². The molecule has 7 amide bonds. The molecule has 21 nitrogen and oxygen atoms in total. The lowest BCUT2D eigenvalue weighted by molar-refractivity contribution is -0.155. The van der Waals surface area contributed by atoms with Crippen LogP contribution in [0.2, 0.25) is 0 Å². The predicted molar refractivity (Wildman–Crippen MR) is 235 cm³/mol. The van der Waals surface area contributed by atoms with Gasteiger partial charge in [0.2, 0.25) is 41.4 Å². The molecular formula is C42H76N10O11. The maximum atomic E-state index is 14.0. The van der Waals surface area contributed by atoms with Gasteiger partial charge in [0.25, 0.3) is 0 Å². The van der Waals surface area contributed by atoms with E-state index in [0.717, 1.165) is 57.8 Å². The van der Waals surface area contributed by atoms with E-state index in [-0.39, 0.29) is 12.4 Å². The second-order valence-electron chi connectivity index (χ2n) is 17.0. The van der Waals surface area contributed by atoms with Gasteiger partial charge >= 0.3 is 5.97 Å². The molecule has 1 saturated heterocycles. The van der Waals surface area contributed by atoms with Gasteiger partial charge < -0.3 is 64.1 Å². The highest BCUT2D eigenvalue weighted by Crippen LogP contribution is 2.15. The standard InChI is InChI=1S/C42H76N10O11/c1-8-24(4)33-38(59)52-34(26(6)53)39(60)48-29(22-30(43)55)36(57)47-25(5)41(62)63-27(7)35(40(61)50-32(23(2)3)37(58)51-33)49-31(56)21-28(54)19-17-15-13-11-9-10-12-14-16-18-20-46-42(44)45/h23-29,32-35,53-54H,8-22H2,1-7H3,(H2,43,55)(H,47,57)(H,48,60)(H,49,56)(H,50,61)(H,51,58)(H,52,59)(H4,44,45,46)/t24-,25+,26+,27+,28+,29+,32+,33-,34+,35-/m0/s1. The SMILES string of the molecule is CC[C@H](C)[C@@H]1NC(=O)[C@@H](C(C)C)NC(=O)[C@@H](NC(=O)C[C@H](O)CCCCCCCCCCCCN=C(N)N)[C@@H](C)OC(=O)[C@@H](C)NC(=O)[C@@H](CC(N)=O)NC(=O)[C@@H]([C@@H](C)O)NC1=O. The van der Waals surface area contributed by atoms with Crippen molar-refractivity contribution < 1.29 is 53.3 Å². The van der Waals surface area contributed by atoms with E-state index in [1.807, 2.05) is 0 Å². The van der Waals surface area contributed by atoms with E-state index in [4.69, 9.17) is 21.9 Å². The van der Waals surface area contributed by atoms with Crippen LogP contribution in [0.1, 0.15) is 138 Å². The van der Waals surface area contributed by atoms with E-state index in [1.165, 1.54) is 20.8 Å². The number of nitrogens with zero attached hydrogens (tertiary/aromatic N) is 1. The van der Waals surface area contributed by atoms with Gasteiger partial charge in [0.1, 0.15) is 42.4 Å². The van der Waals surface area contributed by atoms with Crippen LogP contribution < -0.4 is 49.1 Å². The molecule has 0 unspecified atom stereocenters. The molecule has 0 saturated carbocycles. The van der Waals surface area contributed by atoms with Crippen molar-refractivity contribution in [2.45, 2.75) is 193 Å². The normalized spacial score (nSPS) is 24.7. The van der Waals surface area contributed by atoms with Crippen molar-refractivity contribution in [3.05, 3.63) is 0 Å². The molecule has 10 atom stereocenters. The molecule has 63 heavy (non-hydrogen) atoms. The highest BCUT2D eigenvalue weighted by atomic mass is 16.5. The average molecular weight is 897 g/mol. The molecular weight excluding hydrogens is 821 g/mol. The number of esters is 1. The molecule has 1 heterocycles. The van der Waals surface area contributed by atoms with Crippen LogP contribution in [-0.2, 0) is 43.1 Å². The fourth-order valence-electron chi connectivity index (χ4n) is 6.83.